The lowest BCUT2D eigenvalue weighted by molar-refractivity contribution is -0.116. The van der Waals surface area contributed by atoms with Crippen LogP contribution >= 0.6 is 11.8 Å². The van der Waals surface area contributed by atoms with Crippen molar-refractivity contribution in [1.29, 1.82) is 0 Å². The van der Waals surface area contributed by atoms with E-state index in [4.69, 9.17) is 10.1 Å². The van der Waals surface area contributed by atoms with E-state index in [-0.39, 0.29) is 17.5 Å². The van der Waals surface area contributed by atoms with E-state index in [1.54, 1.807) is 5.01 Å². The number of amidine groups is 1. The molecule has 0 fully saturated rings. The number of nitrogens with zero attached hydrogens (tertiary/aromatic N) is 3. The number of hydrazone groups is 1. The van der Waals surface area contributed by atoms with Gasteiger partial charge in [0.15, 0.2) is 11.3 Å². The Labute approximate surface area is 169 Å². The summed E-state index contributed by atoms with van der Waals surface area (Å²) in [7, 11) is 0. The number of hydrogen-bond donors (Lipinski definition) is 1. The molecule has 0 spiro atoms. The average molecular weight is 393 g/mol. The van der Waals surface area contributed by atoms with Crippen LogP contribution in [0.2, 0.25) is 0 Å². The molecule has 1 atom stereocenters. The van der Waals surface area contributed by atoms with Gasteiger partial charge in [-0.1, -0.05) is 81.9 Å². The first-order valence-corrected chi connectivity index (χ1v) is 10.5. The van der Waals surface area contributed by atoms with Gasteiger partial charge in [0.1, 0.15) is 5.70 Å². The van der Waals surface area contributed by atoms with Crippen molar-refractivity contribution < 1.29 is 4.79 Å². The van der Waals surface area contributed by atoms with Crippen LogP contribution in [-0.4, -0.2) is 21.8 Å². The van der Waals surface area contributed by atoms with E-state index in [1.807, 2.05) is 31.2 Å². The molecule has 2 aliphatic rings. The Balaban J connectivity index is 1.87. The maximum Gasteiger partial charge on any atom is 0.276 e. The third kappa shape index (κ3) is 3.33. The van der Waals surface area contributed by atoms with Gasteiger partial charge in [-0.2, -0.15) is 0 Å². The Morgan fingerprint density at radius 3 is 2.50 bits per heavy atom. The van der Waals surface area contributed by atoms with Crippen LogP contribution in [-0.2, 0) is 10.2 Å². The predicted octanol–water partition coefficient (Wildman–Crippen LogP) is 2.88. The summed E-state index contributed by atoms with van der Waals surface area (Å²) >= 11 is 1.52. The second kappa shape index (κ2) is 7.09. The molecule has 144 valence electrons. The minimum atomic E-state index is -0.363. The lowest BCUT2D eigenvalue weighted by Crippen LogP contribution is -2.50. The van der Waals surface area contributed by atoms with Crippen LogP contribution in [0.15, 0.2) is 58.6 Å². The van der Waals surface area contributed by atoms with Gasteiger partial charge in [0.05, 0.1) is 5.36 Å². The highest BCUT2D eigenvalue weighted by Gasteiger charge is 2.34. The zero-order valence-corrected chi connectivity index (χ0v) is 17.4. The van der Waals surface area contributed by atoms with Crippen molar-refractivity contribution in [3.05, 3.63) is 70.2 Å². The number of hydrogen-bond acceptors (Lipinski definition) is 5. The molecule has 0 aliphatic carbocycles. The van der Waals surface area contributed by atoms with Gasteiger partial charge < -0.3 is 0 Å². The first-order chi connectivity index (χ1) is 13.4. The molecular formula is C22H24N4OS. The fraction of sp³-hybridized carbons (Fsp3) is 0.318. The lowest BCUT2D eigenvalue weighted by Gasteiger charge is -2.34. The van der Waals surface area contributed by atoms with Crippen LogP contribution in [0.3, 0.4) is 0 Å². The zero-order chi connectivity index (χ0) is 19.9. The number of carbonyl (C=O) groups is 1. The summed E-state index contributed by atoms with van der Waals surface area (Å²) in [5.41, 5.74) is 2.91. The van der Waals surface area contributed by atoms with Gasteiger partial charge in [-0.05, 0) is 28.4 Å². The van der Waals surface area contributed by atoms with E-state index in [9.17, 15) is 4.79 Å². The molecule has 1 amide bonds. The second-order valence-corrected chi connectivity index (χ2v) is 9.13. The van der Waals surface area contributed by atoms with E-state index in [1.165, 1.54) is 17.3 Å². The van der Waals surface area contributed by atoms with Crippen molar-refractivity contribution >= 4 is 28.5 Å². The van der Waals surface area contributed by atoms with Gasteiger partial charge in [-0.15, -0.1) is 5.10 Å². The molecule has 5 nitrogen and oxygen atoms in total. The first-order valence-electron chi connectivity index (χ1n) is 9.48. The van der Waals surface area contributed by atoms with Crippen LogP contribution in [0.1, 0.15) is 45.0 Å². The summed E-state index contributed by atoms with van der Waals surface area (Å²) in [5, 5.41) is 11.6. The van der Waals surface area contributed by atoms with E-state index in [0.717, 1.165) is 21.9 Å². The monoisotopic (exact) mass is 392 g/mol. The van der Waals surface area contributed by atoms with Crippen LogP contribution in [0.25, 0.3) is 5.70 Å². The molecular weight excluding hydrogens is 368 g/mol. The van der Waals surface area contributed by atoms with Gasteiger partial charge in [-0.25, -0.2) is 5.01 Å². The first kappa shape index (κ1) is 18.7. The van der Waals surface area contributed by atoms with Gasteiger partial charge in [0.2, 0.25) is 0 Å². The second-order valence-electron chi connectivity index (χ2n) is 7.88. The van der Waals surface area contributed by atoms with Crippen LogP contribution in [0.4, 0.5) is 0 Å². The summed E-state index contributed by atoms with van der Waals surface area (Å²) in [5.74, 6) is 0.700. The van der Waals surface area contributed by atoms with E-state index in [2.05, 4.69) is 50.4 Å². The maximum absolute atomic E-state index is 12.9. The Bertz CT molecular complexity index is 1070. The molecule has 0 saturated carbocycles. The summed E-state index contributed by atoms with van der Waals surface area (Å²) in [6.07, 6.45) is -0.363. The number of rotatable bonds is 2. The van der Waals surface area contributed by atoms with Crippen LogP contribution in [0.5, 0.6) is 0 Å². The van der Waals surface area contributed by atoms with Crippen molar-refractivity contribution in [1.82, 2.24) is 10.3 Å². The molecule has 0 bridgehead atoms. The van der Waals surface area contributed by atoms with Gasteiger partial charge >= 0.3 is 0 Å². The quantitative estimate of drug-likeness (QED) is 0.855. The van der Waals surface area contributed by atoms with E-state index < -0.39 is 0 Å². The number of nitrogens with one attached hydrogen (secondary N) is 1. The molecule has 2 aromatic rings. The fourth-order valence-corrected chi connectivity index (χ4v) is 3.99. The lowest BCUT2D eigenvalue weighted by atomic mass is 9.86. The highest BCUT2D eigenvalue weighted by atomic mass is 32.2. The number of benzene rings is 2. The smallest absolute Gasteiger partial charge is 0.276 e. The van der Waals surface area contributed by atoms with Crippen molar-refractivity contribution in [3.63, 3.8) is 0 Å². The van der Waals surface area contributed by atoms with E-state index >= 15 is 0 Å². The summed E-state index contributed by atoms with van der Waals surface area (Å²) < 4.78 is 0. The maximum atomic E-state index is 12.9. The molecule has 0 unspecified atom stereocenters. The zero-order valence-electron chi connectivity index (χ0n) is 16.6. The Hall–Kier alpha value is -2.60. The van der Waals surface area contributed by atoms with E-state index in [0.29, 0.717) is 10.9 Å². The van der Waals surface area contributed by atoms with Crippen LogP contribution in [0, 0.1) is 0 Å². The minimum Gasteiger partial charge on any atom is -0.298 e. The highest BCUT2D eigenvalue weighted by Crippen LogP contribution is 2.32. The molecule has 1 N–H and O–H groups in total. The van der Waals surface area contributed by atoms with Gasteiger partial charge in [0, 0.05) is 5.22 Å². The standard InChI is InChI=1S/C22H24N4OS/c1-5-28-21-24-20(27)18-16-8-6-7-9-17(16)23-19(26(18)25-21)14-10-12-15(13-11-14)22(2,3)4/h6-13,19H,5H2,1-4H3,(H,24,25,27)/t19-/m0/s1. The molecule has 0 aromatic heterocycles. The topological polar surface area (TPSA) is 57.1 Å². The van der Waals surface area contributed by atoms with Crippen molar-refractivity contribution in [3.8, 4) is 0 Å². The Morgan fingerprint density at radius 2 is 1.82 bits per heavy atom. The fourth-order valence-electron chi connectivity index (χ4n) is 3.40. The molecule has 0 saturated heterocycles. The number of amides is 1. The molecule has 6 heteroatoms. The normalized spacial score (nSPS) is 18.6. The number of thioether (sulfide) groups is 1. The number of carbonyl (C=O) groups excluding carboxylic acids is 1. The molecule has 0 radical (unpaired) electrons. The molecule has 2 aromatic carbocycles. The number of para-hydroxylation sites is 1. The summed E-state index contributed by atoms with van der Waals surface area (Å²) in [6, 6.07) is 16.2. The SMILES string of the molecule is CCSC1=NN2C(=c3ccccc3=N[C@@H]2c2ccc(C(C)(C)C)cc2)C(=O)N1. The van der Waals surface area contributed by atoms with Gasteiger partial charge in [-0.3, -0.25) is 15.1 Å². The predicted molar refractivity (Wildman–Crippen MR) is 114 cm³/mol. The molecule has 28 heavy (non-hydrogen) atoms. The third-order valence-corrected chi connectivity index (χ3v) is 5.62. The van der Waals surface area contributed by atoms with Crippen molar-refractivity contribution in [2.75, 3.05) is 5.75 Å². The molecule has 2 heterocycles. The average Bonchev–Trinajstić information content (AvgIpc) is 2.67. The van der Waals surface area contributed by atoms with Gasteiger partial charge in [0.25, 0.3) is 5.91 Å². The minimum absolute atomic E-state index is 0.0836. The summed E-state index contributed by atoms with van der Waals surface area (Å²) in [6.45, 7) is 8.63. The van der Waals surface area contributed by atoms with Crippen molar-refractivity contribution in [2.24, 2.45) is 10.1 Å². The summed E-state index contributed by atoms with van der Waals surface area (Å²) in [4.78, 5) is 17.8. The largest absolute Gasteiger partial charge is 0.298 e. The third-order valence-electron chi connectivity index (χ3n) is 4.87. The van der Waals surface area contributed by atoms with Crippen molar-refractivity contribution in [2.45, 2.75) is 39.3 Å². The number of fused-ring (bicyclic) bond motifs is 2. The molecule has 2 aliphatic heterocycles. The highest BCUT2D eigenvalue weighted by molar-refractivity contribution is 8.13. The Kier molecular flexibility index (Phi) is 4.75. The van der Waals surface area contributed by atoms with Crippen LogP contribution < -0.4 is 15.9 Å². The Morgan fingerprint density at radius 1 is 1.11 bits per heavy atom. The molecule has 4 rings (SSSR count).